The van der Waals surface area contributed by atoms with Crippen LogP contribution in [-0.4, -0.2) is 24.2 Å². The second-order valence-corrected chi connectivity index (χ2v) is 5.96. The van der Waals surface area contributed by atoms with Crippen LogP contribution in [0, 0.1) is 11.6 Å². The molecule has 0 bridgehead atoms. The van der Waals surface area contributed by atoms with Gasteiger partial charge in [0.1, 0.15) is 11.6 Å². The van der Waals surface area contributed by atoms with Crippen molar-refractivity contribution in [2.75, 3.05) is 12.8 Å². The van der Waals surface area contributed by atoms with E-state index >= 15 is 0 Å². The molecule has 1 atom stereocenters. The smallest absolute Gasteiger partial charge is 0.237 e. The van der Waals surface area contributed by atoms with E-state index in [1.165, 1.54) is 23.9 Å². The predicted octanol–water partition coefficient (Wildman–Crippen LogP) is 2.69. The number of halogens is 2. The summed E-state index contributed by atoms with van der Waals surface area (Å²) in [4.78, 5) is 11.7. The first-order valence-corrected chi connectivity index (χ1v) is 7.44. The number of rotatable bonds is 8. The van der Waals surface area contributed by atoms with Gasteiger partial charge >= 0.3 is 0 Å². The average Bonchev–Trinajstić information content (AvgIpc) is 2.40. The highest BCUT2D eigenvalue weighted by molar-refractivity contribution is 7.99. The van der Waals surface area contributed by atoms with Crippen molar-refractivity contribution in [3.05, 3.63) is 29.8 Å². The van der Waals surface area contributed by atoms with Crippen molar-refractivity contribution >= 4 is 17.7 Å². The molecule has 1 aromatic rings. The molecule has 0 aromatic heterocycles. The molecule has 1 aromatic carbocycles. The van der Waals surface area contributed by atoms with E-state index in [9.17, 15) is 13.6 Å². The minimum Gasteiger partial charge on any atom is -0.368 e. The molecule has 0 aliphatic heterocycles. The molecular formula is C14H20F2N2OS. The molecule has 0 fully saturated rings. The summed E-state index contributed by atoms with van der Waals surface area (Å²) in [5.41, 5.74) is 4.63. The topological polar surface area (TPSA) is 55.1 Å². The SMILES string of the molecule is CNC(C)(CCCCSc1ccc(F)cc1F)C(N)=O. The van der Waals surface area contributed by atoms with Crippen LogP contribution in [0.2, 0.25) is 0 Å². The lowest BCUT2D eigenvalue weighted by molar-refractivity contribution is -0.123. The molecule has 112 valence electrons. The van der Waals surface area contributed by atoms with E-state index in [0.29, 0.717) is 17.1 Å². The van der Waals surface area contributed by atoms with Crippen molar-refractivity contribution in [1.82, 2.24) is 5.32 Å². The summed E-state index contributed by atoms with van der Waals surface area (Å²) in [5, 5.41) is 2.92. The van der Waals surface area contributed by atoms with E-state index in [-0.39, 0.29) is 5.91 Å². The molecule has 1 amide bonds. The fourth-order valence-electron chi connectivity index (χ4n) is 1.73. The van der Waals surface area contributed by atoms with Crippen LogP contribution in [0.5, 0.6) is 0 Å². The highest BCUT2D eigenvalue weighted by Gasteiger charge is 2.27. The van der Waals surface area contributed by atoms with E-state index in [2.05, 4.69) is 5.32 Å². The van der Waals surface area contributed by atoms with Crippen LogP contribution in [-0.2, 0) is 4.79 Å². The number of nitrogens with two attached hydrogens (primary N) is 1. The van der Waals surface area contributed by atoms with Gasteiger partial charge in [-0.2, -0.15) is 0 Å². The van der Waals surface area contributed by atoms with Gasteiger partial charge in [-0.15, -0.1) is 11.8 Å². The number of nitrogens with one attached hydrogen (secondary N) is 1. The summed E-state index contributed by atoms with van der Waals surface area (Å²) in [6.45, 7) is 1.77. The molecule has 1 unspecified atom stereocenters. The molecule has 3 nitrogen and oxygen atoms in total. The second kappa shape index (κ2) is 7.59. The maximum absolute atomic E-state index is 13.4. The summed E-state index contributed by atoms with van der Waals surface area (Å²) in [5.74, 6) is -0.774. The Labute approximate surface area is 122 Å². The zero-order valence-corrected chi connectivity index (χ0v) is 12.5. The zero-order valence-electron chi connectivity index (χ0n) is 11.7. The Morgan fingerprint density at radius 2 is 2.10 bits per heavy atom. The number of carbonyl (C=O) groups is 1. The largest absolute Gasteiger partial charge is 0.368 e. The molecule has 0 spiro atoms. The van der Waals surface area contributed by atoms with Crippen molar-refractivity contribution in [2.45, 2.75) is 36.6 Å². The second-order valence-electron chi connectivity index (χ2n) is 4.83. The summed E-state index contributed by atoms with van der Waals surface area (Å²) >= 11 is 1.34. The minimum absolute atomic E-state index is 0.378. The Kier molecular flexibility index (Phi) is 6.42. The lowest BCUT2D eigenvalue weighted by atomic mass is 9.94. The monoisotopic (exact) mass is 302 g/mol. The lowest BCUT2D eigenvalue weighted by Gasteiger charge is -2.25. The summed E-state index contributed by atoms with van der Waals surface area (Å²) in [6.07, 6.45) is 2.26. The average molecular weight is 302 g/mol. The van der Waals surface area contributed by atoms with Crippen LogP contribution in [0.4, 0.5) is 8.78 Å². The van der Waals surface area contributed by atoms with E-state index < -0.39 is 17.2 Å². The molecule has 6 heteroatoms. The molecule has 0 saturated heterocycles. The van der Waals surface area contributed by atoms with Crippen LogP contribution in [0.1, 0.15) is 26.2 Å². The van der Waals surface area contributed by atoms with Crippen molar-refractivity contribution < 1.29 is 13.6 Å². The number of thioether (sulfide) groups is 1. The van der Waals surface area contributed by atoms with Crippen molar-refractivity contribution in [1.29, 1.82) is 0 Å². The maximum Gasteiger partial charge on any atom is 0.237 e. The molecule has 20 heavy (non-hydrogen) atoms. The van der Waals surface area contributed by atoms with Gasteiger partial charge in [-0.05, 0) is 44.7 Å². The van der Waals surface area contributed by atoms with Gasteiger partial charge in [0.15, 0.2) is 0 Å². The van der Waals surface area contributed by atoms with Gasteiger partial charge in [-0.1, -0.05) is 6.42 Å². The van der Waals surface area contributed by atoms with Gasteiger partial charge in [0.25, 0.3) is 0 Å². The standard InChI is InChI=1S/C14H20F2N2OS/c1-14(18-2,13(17)19)7-3-4-8-20-12-6-5-10(15)9-11(12)16/h5-6,9,18H,3-4,7-8H2,1-2H3,(H2,17,19). The normalized spacial score (nSPS) is 14.0. The quantitative estimate of drug-likeness (QED) is 0.573. The molecule has 0 heterocycles. The Bertz CT molecular complexity index is 470. The molecule has 3 N–H and O–H groups in total. The van der Waals surface area contributed by atoms with Gasteiger partial charge in [0.05, 0.1) is 5.54 Å². The maximum atomic E-state index is 13.4. The first-order chi connectivity index (χ1) is 9.39. The Morgan fingerprint density at radius 1 is 1.40 bits per heavy atom. The van der Waals surface area contributed by atoms with Crippen LogP contribution in [0.3, 0.4) is 0 Å². The predicted molar refractivity (Wildman–Crippen MR) is 77.6 cm³/mol. The van der Waals surface area contributed by atoms with Crippen molar-refractivity contribution in [3.63, 3.8) is 0 Å². The first-order valence-electron chi connectivity index (χ1n) is 6.46. The molecule has 0 aliphatic rings. The van der Waals surface area contributed by atoms with Crippen LogP contribution >= 0.6 is 11.8 Å². The minimum atomic E-state index is -0.703. The molecule has 1 rings (SSSR count). The van der Waals surface area contributed by atoms with Crippen LogP contribution < -0.4 is 11.1 Å². The molecule has 0 saturated carbocycles. The first kappa shape index (κ1) is 16.9. The van der Waals surface area contributed by atoms with E-state index in [1.807, 2.05) is 0 Å². The highest BCUT2D eigenvalue weighted by atomic mass is 32.2. The number of hydrogen-bond donors (Lipinski definition) is 2. The summed E-state index contributed by atoms with van der Waals surface area (Å²) in [7, 11) is 1.70. The third-order valence-electron chi connectivity index (χ3n) is 3.32. The Hall–Kier alpha value is -1.14. The van der Waals surface area contributed by atoms with Crippen molar-refractivity contribution in [2.24, 2.45) is 5.73 Å². The third-order valence-corrected chi connectivity index (χ3v) is 4.45. The number of amides is 1. The zero-order chi connectivity index (χ0) is 15.2. The highest BCUT2D eigenvalue weighted by Crippen LogP contribution is 2.24. The van der Waals surface area contributed by atoms with Gasteiger partial charge in [0.2, 0.25) is 5.91 Å². The van der Waals surface area contributed by atoms with Gasteiger partial charge < -0.3 is 11.1 Å². The van der Waals surface area contributed by atoms with E-state index in [0.717, 1.165) is 18.9 Å². The summed E-state index contributed by atoms with van der Waals surface area (Å²) in [6, 6.07) is 3.57. The Balaban J connectivity index is 2.33. The lowest BCUT2D eigenvalue weighted by Crippen LogP contribution is -2.51. The van der Waals surface area contributed by atoms with Gasteiger partial charge in [-0.25, -0.2) is 8.78 Å². The molecular weight excluding hydrogens is 282 g/mol. The fourth-order valence-corrected chi connectivity index (χ4v) is 2.66. The third kappa shape index (κ3) is 4.76. The molecule has 0 radical (unpaired) electrons. The van der Waals surface area contributed by atoms with Crippen molar-refractivity contribution in [3.8, 4) is 0 Å². The number of likely N-dealkylation sites (N-methyl/N-ethyl adjacent to an activating group) is 1. The molecule has 0 aliphatic carbocycles. The van der Waals surface area contributed by atoms with Gasteiger partial charge in [0, 0.05) is 11.0 Å². The number of unbranched alkanes of at least 4 members (excludes halogenated alkanes) is 1. The number of carbonyl (C=O) groups excluding carboxylic acids is 1. The number of hydrogen-bond acceptors (Lipinski definition) is 3. The Morgan fingerprint density at radius 3 is 2.65 bits per heavy atom. The van der Waals surface area contributed by atoms with Crippen LogP contribution in [0.15, 0.2) is 23.1 Å². The van der Waals surface area contributed by atoms with Crippen LogP contribution in [0.25, 0.3) is 0 Å². The fraction of sp³-hybridized carbons (Fsp3) is 0.500. The summed E-state index contributed by atoms with van der Waals surface area (Å²) < 4.78 is 26.1. The van der Waals surface area contributed by atoms with Gasteiger partial charge in [-0.3, -0.25) is 4.79 Å². The number of benzene rings is 1. The van der Waals surface area contributed by atoms with E-state index in [1.54, 1.807) is 14.0 Å². The number of primary amides is 1. The van der Waals surface area contributed by atoms with E-state index in [4.69, 9.17) is 5.73 Å².